The van der Waals surface area contributed by atoms with E-state index in [0.717, 1.165) is 11.8 Å². The van der Waals surface area contributed by atoms with Gasteiger partial charge in [0.2, 0.25) is 11.0 Å². The molecule has 0 aliphatic carbocycles. The van der Waals surface area contributed by atoms with Crippen molar-refractivity contribution in [1.29, 1.82) is 0 Å². The minimum atomic E-state index is -0.963. The van der Waals surface area contributed by atoms with E-state index in [-0.39, 0.29) is 11.0 Å². The Morgan fingerprint density at radius 2 is 2.00 bits per heavy atom. The fraction of sp³-hybridized carbons (Fsp3) is 0.471. The molecule has 1 N–H and O–H groups in total. The molecule has 0 spiro atoms. The van der Waals surface area contributed by atoms with Crippen LogP contribution in [0.4, 0.5) is 0 Å². The van der Waals surface area contributed by atoms with E-state index >= 15 is 0 Å². The van der Waals surface area contributed by atoms with Crippen molar-refractivity contribution in [2.75, 3.05) is 19.4 Å². The number of ether oxygens (including phenoxy) is 1. The van der Waals surface area contributed by atoms with Crippen molar-refractivity contribution in [2.45, 2.75) is 25.8 Å². The zero-order valence-electron chi connectivity index (χ0n) is 13.7. The van der Waals surface area contributed by atoms with E-state index in [2.05, 4.69) is 0 Å². The number of thioether (sulfide) groups is 1. The van der Waals surface area contributed by atoms with E-state index in [1.807, 2.05) is 0 Å². The Morgan fingerprint density at radius 1 is 1.33 bits per heavy atom. The van der Waals surface area contributed by atoms with Crippen LogP contribution in [0.1, 0.15) is 30.1 Å². The molecule has 1 aliphatic rings. The van der Waals surface area contributed by atoms with Gasteiger partial charge in [-0.2, -0.15) is 0 Å². The molecule has 6 nitrogen and oxygen atoms in total. The molecule has 0 saturated carbocycles. The Balaban J connectivity index is 1.89. The van der Waals surface area contributed by atoms with E-state index < -0.39 is 17.9 Å². The van der Waals surface area contributed by atoms with Gasteiger partial charge in [0.05, 0.1) is 7.11 Å². The molecule has 1 aliphatic heterocycles. The molecule has 0 radical (unpaired) electrons. The van der Waals surface area contributed by atoms with Crippen LogP contribution < -0.4 is 4.74 Å². The molecule has 130 valence electrons. The number of hydrogen-bond acceptors (Lipinski definition) is 5. The predicted octanol–water partition coefficient (Wildman–Crippen LogP) is 2.28. The van der Waals surface area contributed by atoms with Gasteiger partial charge in [0, 0.05) is 23.8 Å². The van der Waals surface area contributed by atoms with Crippen molar-refractivity contribution in [1.82, 2.24) is 4.90 Å². The smallest absolute Gasteiger partial charge is 0.326 e. The lowest BCUT2D eigenvalue weighted by Crippen LogP contribution is -2.43. The van der Waals surface area contributed by atoms with Gasteiger partial charge in [0.25, 0.3) is 0 Å². The molecule has 1 unspecified atom stereocenters. The first kappa shape index (κ1) is 18.3. The monoisotopic (exact) mass is 351 g/mol. The minimum absolute atomic E-state index is 0.117. The first-order valence-corrected chi connectivity index (χ1v) is 8.77. The van der Waals surface area contributed by atoms with Crippen molar-refractivity contribution < 1.29 is 24.2 Å². The van der Waals surface area contributed by atoms with E-state index in [1.54, 1.807) is 38.3 Å². The average Bonchev–Trinajstić information content (AvgIpc) is 3.08. The second-order valence-electron chi connectivity index (χ2n) is 5.76. The summed E-state index contributed by atoms with van der Waals surface area (Å²) < 4.78 is 5.05. The van der Waals surface area contributed by atoms with Gasteiger partial charge in [0.1, 0.15) is 11.8 Å². The Bertz CT molecular complexity index is 616. The van der Waals surface area contributed by atoms with E-state index in [4.69, 9.17) is 9.84 Å². The van der Waals surface area contributed by atoms with Gasteiger partial charge < -0.3 is 14.7 Å². The Labute approximate surface area is 145 Å². The van der Waals surface area contributed by atoms with Crippen LogP contribution in [0.2, 0.25) is 0 Å². The number of aliphatic carboxylic acids is 1. The maximum absolute atomic E-state index is 12.4. The molecule has 1 saturated heterocycles. The van der Waals surface area contributed by atoms with Crippen molar-refractivity contribution in [3.63, 3.8) is 0 Å². The van der Waals surface area contributed by atoms with Gasteiger partial charge in [-0.1, -0.05) is 18.7 Å². The highest BCUT2D eigenvalue weighted by molar-refractivity contribution is 8.14. The second-order valence-corrected chi connectivity index (χ2v) is 6.75. The number of hydrogen-bond donors (Lipinski definition) is 1. The van der Waals surface area contributed by atoms with Gasteiger partial charge in [-0.15, -0.1) is 0 Å². The standard InChI is InChI=1S/C17H21NO5S/c1-11(15(19)18-9-3-4-14(18)16(20)21)10-24-17(22)12-5-7-13(23-2)8-6-12/h5-8,11,14H,3-4,9-10H2,1-2H3,(H,20,21)/t11?,14-/m0/s1. The fourth-order valence-electron chi connectivity index (χ4n) is 2.65. The largest absolute Gasteiger partial charge is 0.497 e. The SMILES string of the molecule is COc1ccc(C(=O)SCC(C)C(=O)N2CCC[C@H]2C(=O)O)cc1. The molecule has 0 bridgehead atoms. The number of carboxylic acids is 1. The molecule has 2 rings (SSSR count). The van der Waals surface area contributed by atoms with Gasteiger partial charge in [-0.25, -0.2) is 4.79 Å². The summed E-state index contributed by atoms with van der Waals surface area (Å²) in [5, 5.41) is 9.04. The third-order valence-electron chi connectivity index (χ3n) is 4.03. The maximum atomic E-state index is 12.4. The molecule has 7 heteroatoms. The highest BCUT2D eigenvalue weighted by Gasteiger charge is 2.35. The topological polar surface area (TPSA) is 83.9 Å². The number of carbonyl (C=O) groups excluding carboxylic acids is 2. The molecule has 24 heavy (non-hydrogen) atoms. The van der Waals surface area contributed by atoms with Crippen molar-refractivity contribution in [2.24, 2.45) is 5.92 Å². The Morgan fingerprint density at radius 3 is 2.58 bits per heavy atom. The highest BCUT2D eigenvalue weighted by atomic mass is 32.2. The quantitative estimate of drug-likeness (QED) is 0.846. The molecule has 1 heterocycles. The zero-order chi connectivity index (χ0) is 17.7. The number of amides is 1. The number of benzene rings is 1. The highest BCUT2D eigenvalue weighted by Crippen LogP contribution is 2.23. The van der Waals surface area contributed by atoms with Crippen molar-refractivity contribution in [3.05, 3.63) is 29.8 Å². The van der Waals surface area contributed by atoms with Gasteiger partial charge in [-0.3, -0.25) is 9.59 Å². The van der Waals surface area contributed by atoms with Crippen LogP contribution in [-0.2, 0) is 9.59 Å². The van der Waals surface area contributed by atoms with Crippen LogP contribution in [0.3, 0.4) is 0 Å². The number of likely N-dealkylation sites (tertiary alicyclic amines) is 1. The second kappa shape index (κ2) is 8.19. The number of carboxylic acid groups (broad SMARTS) is 1. The van der Waals surface area contributed by atoms with Gasteiger partial charge in [0.15, 0.2) is 0 Å². The number of rotatable bonds is 6. The summed E-state index contributed by atoms with van der Waals surface area (Å²) in [5.41, 5.74) is 0.546. The fourth-order valence-corrected chi connectivity index (χ4v) is 3.50. The van der Waals surface area contributed by atoms with E-state index in [1.165, 1.54) is 4.90 Å². The summed E-state index contributed by atoms with van der Waals surface area (Å²) in [5.74, 6) is -0.567. The number of methoxy groups -OCH3 is 1. The molecule has 1 aromatic carbocycles. The van der Waals surface area contributed by atoms with Gasteiger partial charge in [-0.05, 0) is 37.1 Å². The summed E-state index contributed by atoms with van der Waals surface area (Å²) in [4.78, 5) is 37.2. The minimum Gasteiger partial charge on any atom is -0.497 e. The van der Waals surface area contributed by atoms with Crippen LogP contribution in [0, 0.1) is 5.92 Å². The van der Waals surface area contributed by atoms with Crippen molar-refractivity contribution in [3.8, 4) is 5.75 Å². The molecular weight excluding hydrogens is 330 g/mol. The predicted molar refractivity (Wildman–Crippen MR) is 91.3 cm³/mol. The third-order valence-corrected chi connectivity index (χ3v) is 5.20. The summed E-state index contributed by atoms with van der Waals surface area (Å²) in [6.07, 6.45) is 1.19. The lowest BCUT2D eigenvalue weighted by Gasteiger charge is -2.24. The van der Waals surface area contributed by atoms with Crippen LogP contribution >= 0.6 is 11.8 Å². The lowest BCUT2D eigenvalue weighted by molar-refractivity contribution is -0.149. The first-order valence-electron chi connectivity index (χ1n) is 7.78. The zero-order valence-corrected chi connectivity index (χ0v) is 14.5. The Kier molecular flexibility index (Phi) is 6.25. The average molecular weight is 351 g/mol. The van der Waals surface area contributed by atoms with Crippen LogP contribution in [-0.4, -0.2) is 52.4 Å². The van der Waals surface area contributed by atoms with Crippen LogP contribution in [0.25, 0.3) is 0 Å². The summed E-state index contributed by atoms with van der Waals surface area (Å²) >= 11 is 1.07. The maximum Gasteiger partial charge on any atom is 0.326 e. The molecule has 1 fully saturated rings. The Hall–Kier alpha value is -2.02. The van der Waals surface area contributed by atoms with Gasteiger partial charge >= 0.3 is 5.97 Å². The first-order chi connectivity index (χ1) is 11.4. The third kappa shape index (κ3) is 4.29. The number of carbonyl (C=O) groups is 3. The summed E-state index contributed by atoms with van der Waals surface area (Å²) in [7, 11) is 1.56. The number of nitrogens with zero attached hydrogens (tertiary/aromatic N) is 1. The molecule has 2 atom stereocenters. The normalized spacial score (nSPS) is 18.2. The summed E-state index contributed by atoms with van der Waals surface area (Å²) in [6.45, 7) is 2.20. The molecule has 1 aromatic rings. The van der Waals surface area contributed by atoms with Crippen LogP contribution in [0.5, 0.6) is 5.75 Å². The van der Waals surface area contributed by atoms with Crippen molar-refractivity contribution >= 4 is 28.8 Å². The van der Waals surface area contributed by atoms with E-state index in [0.29, 0.717) is 36.5 Å². The van der Waals surface area contributed by atoms with E-state index in [9.17, 15) is 14.4 Å². The molecule has 1 amide bonds. The summed E-state index contributed by atoms with van der Waals surface area (Å²) in [6, 6.07) is 6.05. The van der Waals surface area contributed by atoms with Crippen LogP contribution in [0.15, 0.2) is 24.3 Å². The molecular formula is C17H21NO5S. The molecule has 0 aromatic heterocycles. The lowest BCUT2D eigenvalue weighted by atomic mass is 10.1.